The Kier molecular flexibility index (Phi) is 6.35. The van der Waals surface area contributed by atoms with Crippen molar-refractivity contribution in [3.8, 4) is 0 Å². The number of ether oxygens (including phenoxy) is 1. The first-order valence-corrected chi connectivity index (χ1v) is 5.68. The molecule has 1 aliphatic heterocycles. The number of hydrogen-bond donors (Lipinski definition) is 2. The lowest BCUT2D eigenvalue weighted by Gasteiger charge is -1.81. The Morgan fingerprint density at radius 1 is 1.17 bits per heavy atom. The van der Waals surface area contributed by atoms with Crippen LogP contribution in [0.1, 0.15) is 12.8 Å². The van der Waals surface area contributed by atoms with Gasteiger partial charge in [0, 0.05) is 18.6 Å². The van der Waals surface area contributed by atoms with Gasteiger partial charge in [0.1, 0.15) is 5.58 Å². The van der Waals surface area contributed by atoms with Gasteiger partial charge in [-0.2, -0.15) is 0 Å². The van der Waals surface area contributed by atoms with E-state index in [0.717, 1.165) is 24.2 Å². The van der Waals surface area contributed by atoms with E-state index < -0.39 is 6.09 Å². The molecule has 18 heavy (non-hydrogen) atoms. The number of para-hydroxylation sites is 1. The normalized spacial score (nSPS) is 13.1. The highest BCUT2D eigenvalue weighted by atomic mass is 16.5. The Morgan fingerprint density at radius 3 is 2.28 bits per heavy atom. The van der Waals surface area contributed by atoms with Crippen molar-refractivity contribution < 1.29 is 19.1 Å². The molecule has 0 saturated carbocycles. The maximum atomic E-state index is 8.78. The predicted octanol–water partition coefficient (Wildman–Crippen LogP) is 2.85. The van der Waals surface area contributed by atoms with Gasteiger partial charge in [0.25, 0.3) is 0 Å². The fourth-order valence-corrected chi connectivity index (χ4v) is 1.42. The largest absolute Gasteiger partial charge is 0.465 e. The van der Waals surface area contributed by atoms with E-state index in [1.54, 1.807) is 6.26 Å². The summed E-state index contributed by atoms with van der Waals surface area (Å²) in [6, 6.07) is 9.90. The van der Waals surface area contributed by atoms with Crippen LogP contribution in [0.15, 0.2) is 41.0 Å². The van der Waals surface area contributed by atoms with Crippen LogP contribution in [-0.2, 0) is 4.74 Å². The molecule has 1 fully saturated rings. The van der Waals surface area contributed by atoms with Crippen LogP contribution < -0.4 is 5.73 Å². The number of carbonyl (C=O) groups is 1. The van der Waals surface area contributed by atoms with Gasteiger partial charge in [-0.3, -0.25) is 0 Å². The lowest BCUT2D eigenvalue weighted by Crippen LogP contribution is -2.03. The number of carboxylic acid groups (broad SMARTS) is 1. The third-order valence-corrected chi connectivity index (χ3v) is 2.19. The van der Waals surface area contributed by atoms with Crippen LogP contribution in [-0.4, -0.2) is 24.4 Å². The molecule has 3 rings (SSSR count). The zero-order valence-electron chi connectivity index (χ0n) is 10.0. The maximum absolute atomic E-state index is 8.78. The van der Waals surface area contributed by atoms with Gasteiger partial charge in [0.2, 0.25) is 0 Å². The van der Waals surface area contributed by atoms with Crippen LogP contribution in [0.5, 0.6) is 0 Å². The third-order valence-electron chi connectivity index (χ3n) is 2.19. The van der Waals surface area contributed by atoms with Crippen LogP contribution >= 0.6 is 0 Å². The van der Waals surface area contributed by atoms with Gasteiger partial charge >= 0.3 is 6.09 Å². The van der Waals surface area contributed by atoms with E-state index in [9.17, 15) is 0 Å². The van der Waals surface area contributed by atoms with Crippen molar-refractivity contribution in [2.75, 3.05) is 13.2 Å². The highest BCUT2D eigenvalue weighted by molar-refractivity contribution is 5.76. The molecule has 0 spiro atoms. The second-order valence-corrected chi connectivity index (χ2v) is 3.62. The molecule has 1 aliphatic rings. The molecule has 1 aromatic carbocycles. The second-order valence-electron chi connectivity index (χ2n) is 3.62. The minimum absolute atomic E-state index is 0.956. The molecular weight excluding hydrogens is 234 g/mol. The van der Waals surface area contributed by atoms with Crippen LogP contribution in [0.4, 0.5) is 4.79 Å². The van der Waals surface area contributed by atoms with Gasteiger partial charge in [0.15, 0.2) is 0 Å². The van der Waals surface area contributed by atoms with E-state index in [-0.39, 0.29) is 0 Å². The fraction of sp³-hybridized carbons (Fsp3) is 0.308. The van der Waals surface area contributed by atoms with E-state index >= 15 is 0 Å². The van der Waals surface area contributed by atoms with E-state index in [1.165, 1.54) is 12.8 Å². The van der Waals surface area contributed by atoms with Crippen molar-refractivity contribution in [2.45, 2.75) is 12.8 Å². The van der Waals surface area contributed by atoms with Crippen molar-refractivity contribution in [1.82, 2.24) is 0 Å². The lowest BCUT2D eigenvalue weighted by molar-refractivity contribution is 0.198. The summed E-state index contributed by atoms with van der Waals surface area (Å²) in [5.41, 5.74) is 4.98. The van der Waals surface area contributed by atoms with Gasteiger partial charge in [-0.25, -0.2) is 4.79 Å². The van der Waals surface area contributed by atoms with Crippen LogP contribution in [0, 0.1) is 0 Å². The summed E-state index contributed by atoms with van der Waals surface area (Å²) in [7, 11) is 0. The number of nitrogens with two attached hydrogens (primary N) is 1. The summed E-state index contributed by atoms with van der Waals surface area (Å²) >= 11 is 0. The number of hydrogen-bond acceptors (Lipinski definition) is 3. The minimum atomic E-state index is -1.33. The van der Waals surface area contributed by atoms with Crippen molar-refractivity contribution in [3.63, 3.8) is 0 Å². The molecule has 2 aromatic rings. The highest BCUT2D eigenvalue weighted by Gasteiger charge is 1.94. The molecule has 1 amide bonds. The van der Waals surface area contributed by atoms with Gasteiger partial charge in [0.05, 0.1) is 6.26 Å². The van der Waals surface area contributed by atoms with Gasteiger partial charge < -0.3 is 20.0 Å². The second kappa shape index (κ2) is 8.14. The van der Waals surface area contributed by atoms with Crippen LogP contribution in [0.3, 0.4) is 0 Å². The van der Waals surface area contributed by atoms with Crippen molar-refractivity contribution >= 4 is 17.1 Å². The molecule has 0 aliphatic carbocycles. The summed E-state index contributed by atoms with van der Waals surface area (Å²) in [6.45, 7) is 2.00. The third kappa shape index (κ3) is 5.91. The molecular formula is C13H17NO4. The standard InChI is InChI=1S/C8H6O.C4H8O.CH3NO2/c1-2-4-8-7(3-1)5-6-9-8;1-2-4-5-3-1;2-1(3)4/h1-6H;1-4H2;2H2,(H,3,4). The Bertz CT molecular complexity index is 421. The summed E-state index contributed by atoms with van der Waals surface area (Å²) in [6.07, 6.45) is 2.92. The number of benzene rings is 1. The number of fused-ring (bicyclic) bond motifs is 1. The molecule has 0 unspecified atom stereocenters. The van der Waals surface area contributed by atoms with Gasteiger partial charge in [-0.15, -0.1) is 0 Å². The molecule has 98 valence electrons. The molecule has 3 N–H and O–H groups in total. The average molecular weight is 251 g/mol. The molecule has 0 bridgehead atoms. The first-order chi connectivity index (χ1) is 8.70. The van der Waals surface area contributed by atoms with Crippen molar-refractivity contribution in [1.29, 1.82) is 0 Å². The van der Waals surface area contributed by atoms with E-state index in [2.05, 4.69) is 5.73 Å². The topological polar surface area (TPSA) is 85.7 Å². The summed E-state index contributed by atoms with van der Waals surface area (Å²) in [4.78, 5) is 8.78. The first kappa shape index (κ1) is 14.1. The Balaban J connectivity index is 0.000000154. The quantitative estimate of drug-likeness (QED) is 0.753. The average Bonchev–Trinajstić information content (AvgIpc) is 3.03. The predicted molar refractivity (Wildman–Crippen MR) is 68.5 cm³/mol. The lowest BCUT2D eigenvalue weighted by atomic mass is 10.3. The maximum Gasteiger partial charge on any atom is 0.402 e. The molecule has 0 radical (unpaired) electrons. The van der Waals surface area contributed by atoms with E-state index in [1.807, 2.05) is 30.3 Å². The molecule has 1 aromatic heterocycles. The zero-order chi connectivity index (χ0) is 13.2. The number of amides is 1. The van der Waals surface area contributed by atoms with Gasteiger partial charge in [-0.05, 0) is 25.0 Å². The molecule has 5 heteroatoms. The van der Waals surface area contributed by atoms with Crippen molar-refractivity contribution in [2.24, 2.45) is 5.73 Å². The number of furan rings is 1. The molecule has 1 saturated heterocycles. The molecule has 5 nitrogen and oxygen atoms in total. The van der Waals surface area contributed by atoms with Crippen LogP contribution in [0.25, 0.3) is 11.0 Å². The van der Waals surface area contributed by atoms with Gasteiger partial charge in [-0.1, -0.05) is 18.2 Å². The SMILES string of the molecule is C1CCOC1.NC(=O)O.c1ccc2occc2c1. The summed E-state index contributed by atoms with van der Waals surface area (Å²) < 4.78 is 10.1. The highest BCUT2D eigenvalue weighted by Crippen LogP contribution is 2.12. The van der Waals surface area contributed by atoms with Crippen LogP contribution in [0.2, 0.25) is 0 Å². The number of primary amides is 1. The Hall–Kier alpha value is -2.01. The summed E-state index contributed by atoms with van der Waals surface area (Å²) in [5, 5.41) is 8.36. The minimum Gasteiger partial charge on any atom is -0.465 e. The summed E-state index contributed by atoms with van der Waals surface area (Å²) in [5.74, 6) is 0. The first-order valence-electron chi connectivity index (χ1n) is 5.68. The van der Waals surface area contributed by atoms with Crippen molar-refractivity contribution in [3.05, 3.63) is 36.6 Å². The Labute approximate surface area is 105 Å². The molecule has 2 heterocycles. The molecule has 0 atom stereocenters. The van der Waals surface area contributed by atoms with E-state index in [0.29, 0.717) is 0 Å². The monoisotopic (exact) mass is 251 g/mol. The Morgan fingerprint density at radius 2 is 1.78 bits per heavy atom. The smallest absolute Gasteiger partial charge is 0.402 e. The zero-order valence-corrected chi connectivity index (χ0v) is 10.0. The van der Waals surface area contributed by atoms with E-state index in [4.69, 9.17) is 19.1 Å². The fourth-order valence-electron chi connectivity index (χ4n) is 1.42. The number of rotatable bonds is 0.